The van der Waals surface area contributed by atoms with Gasteiger partial charge in [-0.05, 0) is 47.9 Å². The Morgan fingerprint density at radius 2 is 1.94 bits per heavy atom. The van der Waals surface area contributed by atoms with Gasteiger partial charge in [-0.15, -0.1) is 0 Å². The maximum atomic E-state index is 12.6. The monoisotopic (exact) mass is 452 g/mol. The number of pyridine rings is 1. The first kappa shape index (κ1) is 22.6. The summed E-state index contributed by atoms with van der Waals surface area (Å²) in [5.41, 5.74) is 1.69. The lowest BCUT2D eigenvalue weighted by Gasteiger charge is -2.27. The van der Waals surface area contributed by atoms with Gasteiger partial charge in [-0.25, -0.2) is 4.79 Å². The van der Waals surface area contributed by atoms with Crippen molar-refractivity contribution < 1.29 is 22.8 Å². The predicted molar refractivity (Wildman–Crippen MR) is 112 cm³/mol. The van der Waals surface area contributed by atoms with Crippen LogP contribution in [0.15, 0.2) is 42.6 Å². The maximum Gasteiger partial charge on any atom is 0.416 e. The standard InChI is InChI=1S/C21H20ClF3N4O2/c1-26-18(30)11-13-10-17(22)19(27-12-13)14-6-8-29(9-7-14)20(31)28-16-4-2-15(3-5-16)21(23,24)25/h2-6,10,12H,7-9,11H2,1H3,(H,26,30)(H,28,31). The zero-order valence-corrected chi connectivity index (χ0v) is 17.3. The lowest BCUT2D eigenvalue weighted by molar-refractivity contribution is -0.137. The van der Waals surface area contributed by atoms with Gasteiger partial charge < -0.3 is 15.5 Å². The summed E-state index contributed by atoms with van der Waals surface area (Å²) in [6, 6.07) is 5.57. The van der Waals surface area contributed by atoms with Crippen LogP contribution in [0.3, 0.4) is 0 Å². The summed E-state index contributed by atoms with van der Waals surface area (Å²) in [6.45, 7) is 0.704. The normalized spacial score (nSPS) is 14.1. The molecule has 0 radical (unpaired) electrons. The number of aromatic nitrogens is 1. The second kappa shape index (κ2) is 9.38. The molecule has 3 amide bonds. The van der Waals surface area contributed by atoms with Crippen LogP contribution in [0.25, 0.3) is 5.57 Å². The molecule has 2 N–H and O–H groups in total. The number of anilines is 1. The Morgan fingerprint density at radius 3 is 2.48 bits per heavy atom. The van der Waals surface area contributed by atoms with E-state index in [1.54, 1.807) is 19.3 Å². The van der Waals surface area contributed by atoms with Gasteiger partial charge >= 0.3 is 12.2 Å². The number of hydrogen-bond donors (Lipinski definition) is 2. The summed E-state index contributed by atoms with van der Waals surface area (Å²) in [5, 5.41) is 5.56. The molecule has 0 saturated carbocycles. The number of carbonyl (C=O) groups is 2. The predicted octanol–water partition coefficient (Wildman–Crippen LogP) is 4.36. The van der Waals surface area contributed by atoms with Crippen LogP contribution in [0.5, 0.6) is 0 Å². The lowest BCUT2D eigenvalue weighted by atomic mass is 10.0. The molecule has 0 bridgehead atoms. The molecular formula is C21H20ClF3N4O2. The summed E-state index contributed by atoms with van der Waals surface area (Å²) < 4.78 is 37.9. The minimum atomic E-state index is -4.42. The van der Waals surface area contributed by atoms with Gasteiger partial charge in [0.25, 0.3) is 0 Å². The number of halogens is 4. The average molecular weight is 453 g/mol. The number of rotatable bonds is 4. The number of amides is 3. The van der Waals surface area contributed by atoms with Crippen LogP contribution < -0.4 is 10.6 Å². The van der Waals surface area contributed by atoms with Gasteiger partial charge in [0.05, 0.1) is 22.7 Å². The molecule has 3 rings (SSSR count). The fourth-order valence-corrected chi connectivity index (χ4v) is 3.41. The fraction of sp³-hybridized carbons (Fsp3) is 0.286. The quantitative estimate of drug-likeness (QED) is 0.723. The Bertz CT molecular complexity index is 1010. The smallest absolute Gasteiger partial charge is 0.359 e. The van der Waals surface area contributed by atoms with Crippen LogP contribution in [-0.4, -0.2) is 42.0 Å². The van der Waals surface area contributed by atoms with Gasteiger partial charge in [0.1, 0.15) is 0 Å². The Balaban J connectivity index is 1.62. The van der Waals surface area contributed by atoms with Crippen molar-refractivity contribution >= 4 is 34.8 Å². The van der Waals surface area contributed by atoms with E-state index >= 15 is 0 Å². The van der Waals surface area contributed by atoms with Crippen LogP contribution in [-0.2, 0) is 17.4 Å². The third-order valence-corrected chi connectivity index (χ3v) is 5.09. The number of hydrogen-bond acceptors (Lipinski definition) is 3. The average Bonchev–Trinajstić information content (AvgIpc) is 2.73. The molecule has 6 nitrogen and oxygen atoms in total. The third-order valence-electron chi connectivity index (χ3n) is 4.81. The molecular weight excluding hydrogens is 433 g/mol. The van der Waals surface area contributed by atoms with Crippen molar-refractivity contribution in [1.29, 1.82) is 0 Å². The molecule has 0 spiro atoms. The van der Waals surface area contributed by atoms with Crippen LogP contribution in [0.4, 0.5) is 23.7 Å². The van der Waals surface area contributed by atoms with Gasteiger partial charge in [-0.1, -0.05) is 17.7 Å². The molecule has 0 saturated heterocycles. The van der Waals surface area contributed by atoms with Gasteiger partial charge in [0, 0.05) is 32.0 Å². The summed E-state index contributed by atoms with van der Waals surface area (Å²) in [4.78, 5) is 29.8. The van der Waals surface area contributed by atoms with Gasteiger partial charge in [0.15, 0.2) is 0 Å². The number of alkyl halides is 3. The first-order valence-corrected chi connectivity index (χ1v) is 9.82. The molecule has 2 aromatic rings. The van der Waals surface area contributed by atoms with E-state index in [2.05, 4.69) is 15.6 Å². The largest absolute Gasteiger partial charge is 0.416 e. The topological polar surface area (TPSA) is 74.3 Å². The molecule has 1 aliphatic rings. The van der Waals surface area contributed by atoms with Crippen molar-refractivity contribution in [3.8, 4) is 0 Å². The van der Waals surface area contributed by atoms with Crippen LogP contribution >= 0.6 is 11.6 Å². The molecule has 0 fully saturated rings. The second-order valence-corrected chi connectivity index (χ2v) is 7.36. The Labute approximate surface area is 182 Å². The van der Waals surface area contributed by atoms with Crippen molar-refractivity contribution in [3.05, 3.63) is 64.4 Å². The van der Waals surface area contributed by atoms with E-state index in [1.807, 2.05) is 6.08 Å². The molecule has 0 unspecified atom stereocenters. The molecule has 31 heavy (non-hydrogen) atoms. The number of likely N-dealkylation sites (N-methyl/N-ethyl adjacent to an activating group) is 1. The number of urea groups is 1. The third kappa shape index (κ3) is 5.75. The van der Waals surface area contributed by atoms with Crippen LogP contribution in [0.1, 0.15) is 23.2 Å². The number of nitrogens with one attached hydrogen (secondary N) is 2. The summed E-state index contributed by atoms with van der Waals surface area (Å²) in [7, 11) is 1.55. The highest BCUT2D eigenvalue weighted by Crippen LogP contribution is 2.30. The van der Waals surface area contributed by atoms with Crippen LogP contribution in [0.2, 0.25) is 5.02 Å². The Hall–Kier alpha value is -3.07. The van der Waals surface area contributed by atoms with Crippen molar-refractivity contribution in [2.75, 3.05) is 25.5 Å². The van der Waals surface area contributed by atoms with Crippen molar-refractivity contribution in [2.24, 2.45) is 0 Å². The van der Waals surface area contributed by atoms with Crippen LogP contribution in [0, 0.1) is 0 Å². The highest BCUT2D eigenvalue weighted by Gasteiger charge is 2.30. The number of nitrogens with zero attached hydrogens (tertiary/aromatic N) is 2. The van der Waals surface area contributed by atoms with E-state index in [1.165, 1.54) is 17.0 Å². The minimum Gasteiger partial charge on any atom is -0.359 e. The van der Waals surface area contributed by atoms with E-state index in [4.69, 9.17) is 11.6 Å². The lowest BCUT2D eigenvalue weighted by Crippen LogP contribution is -2.38. The van der Waals surface area contributed by atoms with Crippen molar-refractivity contribution in [2.45, 2.75) is 19.0 Å². The molecule has 2 heterocycles. The van der Waals surface area contributed by atoms with E-state index < -0.39 is 17.8 Å². The zero-order valence-electron chi connectivity index (χ0n) is 16.6. The molecule has 1 aliphatic heterocycles. The maximum absolute atomic E-state index is 12.6. The van der Waals surface area contributed by atoms with E-state index in [0.717, 1.165) is 17.7 Å². The Kier molecular flexibility index (Phi) is 6.84. The second-order valence-electron chi connectivity index (χ2n) is 6.95. The van der Waals surface area contributed by atoms with Crippen molar-refractivity contribution in [1.82, 2.24) is 15.2 Å². The highest BCUT2D eigenvalue weighted by molar-refractivity contribution is 6.32. The van der Waals surface area contributed by atoms with E-state index in [9.17, 15) is 22.8 Å². The van der Waals surface area contributed by atoms with Gasteiger partial charge in [-0.2, -0.15) is 13.2 Å². The summed E-state index contributed by atoms with van der Waals surface area (Å²) >= 11 is 6.33. The molecule has 10 heteroatoms. The fourth-order valence-electron chi connectivity index (χ4n) is 3.10. The molecule has 0 atom stereocenters. The number of carbonyl (C=O) groups excluding carboxylic acids is 2. The molecule has 164 valence electrons. The SMILES string of the molecule is CNC(=O)Cc1cnc(C2=CCN(C(=O)Nc3ccc(C(F)(F)F)cc3)CC2)c(Cl)c1. The summed E-state index contributed by atoms with van der Waals surface area (Å²) in [6.07, 6.45) is -0.293. The zero-order chi connectivity index (χ0) is 22.6. The molecule has 0 aliphatic carbocycles. The highest BCUT2D eigenvalue weighted by atomic mass is 35.5. The van der Waals surface area contributed by atoms with Crippen molar-refractivity contribution in [3.63, 3.8) is 0 Å². The van der Waals surface area contributed by atoms with Gasteiger partial charge in [0.2, 0.25) is 5.91 Å². The van der Waals surface area contributed by atoms with E-state index in [-0.39, 0.29) is 18.0 Å². The minimum absolute atomic E-state index is 0.141. The Morgan fingerprint density at radius 1 is 1.23 bits per heavy atom. The van der Waals surface area contributed by atoms with Gasteiger partial charge in [-0.3, -0.25) is 9.78 Å². The van der Waals surface area contributed by atoms with E-state index in [0.29, 0.717) is 35.8 Å². The summed E-state index contributed by atoms with van der Waals surface area (Å²) in [5.74, 6) is -0.141. The molecule has 1 aromatic heterocycles. The first-order chi connectivity index (χ1) is 14.7. The number of benzene rings is 1. The first-order valence-electron chi connectivity index (χ1n) is 9.45. The molecule has 1 aromatic carbocycles.